The molecule has 3 rings (SSSR count). The summed E-state index contributed by atoms with van der Waals surface area (Å²) >= 11 is 0. The first-order valence-electron chi connectivity index (χ1n) is 8.52. The summed E-state index contributed by atoms with van der Waals surface area (Å²) in [4.78, 5) is 2.46. The van der Waals surface area contributed by atoms with Gasteiger partial charge in [0.2, 0.25) is 0 Å². The third-order valence-electron chi connectivity index (χ3n) is 4.32. The Hall–Kier alpha value is -2.10. The van der Waals surface area contributed by atoms with Crippen LogP contribution in [0.2, 0.25) is 0 Å². The van der Waals surface area contributed by atoms with Crippen molar-refractivity contribution >= 4 is 6.08 Å². The highest BCUT2D eigenvalue weighted by Gasteiger charge is 2.19. The van der Waals surface area contributed by atoms with Crippen molar-refractivity contribution in [1.82, 2.24) is 4.90 Å². The van der Waals surface area contributed by atoms with Crippen molar-refractivity contribution in [1.29, 1.82) is 0 Å². The standard InChI is InChI=1S/C21H25NO2/c1-23-20-11-9-19(10-12-20)16-21-17-22(14-15-24-21)13-5-8-18-6-3-2-4-7-18/h2-12,21H,13-17H2,1H3/b8-5+. The molecule has 0 radical (unpaired) electrons. The Morgan fingerprint density at radius 3 is 2.67 bits per heavy atom. The van der Waals surface area contributed by atoms with Gasteiger partial charge in [0, 0.05) is 19.6 Å². The van der Waals surface area contributed by atoms with Gasteiger partial charge in [0.1, 0.15) is 5.75 Å². The summed E-state index contributed by atoms with van der Waals surface area (Å²) in [6, 6.07) is 18.7. The van der Waals surface area contributed by atoms with Crippen LogP contribution in [0.25, 0.3) is 6.08 Å². The monoisotopic (exact) mass is 323 g/mol. The topological polar surface area (TPSA) is 21.7 Å². The Morgan fingerprint density at radius 2 is 1.92 bits per heavy atom. The smallest absolute Gasteiger partial charge is 0.118 e. The summed E-state index contributed by atoms with van der Waals surface area (Å²) < 4.78 is 11.1. The molecule has 1 saturated heterocycles. The second-order valence-corrected chi connectivity index (χ2v) is 6.12. The first-order chi connectivity index (χ1) is 11.8. The summed E-state index contributed by atoms with van der Waals surface area (Å²) in [5, 5.41) is 0. The maximum absolute atomic E-state index is 5.94. The molecule has 0 aliphatic carbocycles. The van der Waals surface area contributed by atoms with Crippen LogP contribution in [0.15, 0.2) is 60.7 Å². The maximum atomic E-state index is 5.94. The van der Waals surface area contributed by atoms with Crippen LogP contribution in [0, 0.1) is 0 Å². The molecule has 0 amide bonds. The predicted octanol–water partition coefficient (Wildman–Crippen LogP) is 3.65. The van der Waals surface area contributed by atoms with Gasteiger partial charge in [-0.25, -0.2) is 0 Å². The molecule has 0 aromatic heterocycles. The fourth-order valence-electron chi connectivity index (χ4n) is 3.00. The van der Waals surface area contributed by atoms with E-state index in [1.807, 2.05) is 18.2 Å². The number of methoxy groups -OCH3 is 1. The molecule has 3 nitrogen and oxygen atoms in total. The third-order valence-corrected chi connectivity index (χ3v) is 4.32. The minimum absolute atomic E-state index is 0.261. The Kier molecular flexibility index (Phi) is 6.05. The fourth-order valence-corrected chi connectivity index (χ4v) is 3.00. The quantitative estimate of drug-likeness (QED) is 0.810. The molecule has 1 heterocycles. The Morgan fingerprint density at radius 1 is 1.12 bits per heavy atom. The van der Waals surface area contributed by atoms with Crippen molar-refractivity contribution in [2.45, 2.75) is 12.5 Å². The van der Waals surface area contributed by atoms with Gasteiger partial charge in [-0.05, 0) is 29.7 Å². The van der Waals surface area contributed by atoms with Crippen molar-refractivity contribution < 1.29 is 9.47 Å². The molecule has 3 heteroatoms. The van der Waals surface area contributed by atoms with E-state index < -0.39 is 0 Å². The molecule has 2 aromatic rings. The summed E-state index contributed by atoms with van der Waals surface area (Å²) in [5.74, 6) is 0.899. The Balaban J connectivity index is 1.49. The lowest BCUT2D eigenvalue weighted by atomic mass is 10.1. The molecule has 24 heavy (non-hydrogen) atoms. The minimum atomic E-state index is 0.261. The third kappa shape index (κ3) is 4.95. The number of benzene rings is 2. The molecular weight excluding hydrogens is 298 g/mol. The lowest BCUT2D eigenvalue weighted by Crippen LogP contribution is -2.43. The van der Waals surface area contributed by atoms with E-state index in [1.54, 1.807) is 7.11 Å². The SMILES string of the molecule is COc1ccc(CC2CN(C/C=C/c3ccccc3)CCO2)cc1. The van der Waals surface area contributed by atoms with E-state index in [4.69, 9.17) is 9.47 Å². The van der Waals surface area contributed by atoms with Crippen LogP contribution < -0.4 is 4.74 Å². The van der Waals surface area contributed by atoms with E-state index in [0.717, 1.165) is 38.4 Å². The highest BCUT2D eigenvalue weighted by molar-refractivity contribution is 5.48. The lowest BCUT2D eigenvalue weighted by Gasteiger charge is -2.32. The number of hydrogen-bond donors (Lipinski definition) is 0. The van der Waals surface area contributed by atoms with Gasteiger partial charge >= 0.3 is 0 Å². The zero-order valence-electron chi connectivity index (χ0n) is 14.2. The molecule has 0 saturated carbocycles. The van der Waals surface area contributed by atoms with Crippen molar-refractivity contribution in [2.75, 3.05) is 33.4 Å². The van der Waals surface area contributed by atoms with Gasteiger partial charge in [0.05, 0.1) is 19.8 Å². The van der Waals surface area contributed by atoms with Crippen LogP contribution in [0.5, 0.6) is 5.75 Å². The first-order valence-corrected chi connectivity index (χ1v) is 8.52. The van der Waals surface area contributed by atoms with Crippen molar-refractivity contribution in [3.8, 4) is 5.75 Å². The molecule has 1 atom stereocenters. The van der Waals surface area contributed by atoms with Crippen molar-refractivity contribution in [3.05, 3.63) is 71.8 Å². The maximum Gasteiger partial charge on any atom is 0.118 e. The highest BCUT2D eigenvalue weighted by Crippen LogP contribution is 2.16. The van der Waals surface area contributed by atoms with Crippen molar-refractivity contribution in [2.24, 2.45) is 0 Å². The number of rotatable bonds is 6. The highest BCUT2D eigenvalue weighted by atomic mass is 16.5. The Bertz CT molecular complexity index is 637. The van der Waals surface area contributed by atoms with Crippen LogP contribution in [0.4, 0.5) is 0 Å². The molecule has 0 N–H and O–H groups in total. The second kappa shape index (κ2) is 8.67. The fraction of sp³-hybridized carbons (Fsp3) is 0.333. The van der Waals surface area contributed by atoms with Gasteiger partial charge in [-0.1, -0.05) is 54.6 Å². The largest absolute Gasteiger partial charge is 0.497 e. The molecule has 1 unspecified atom stereocenters. The van der Waals surface area contributed by atoms with Crippen LogP contribution in [-0.2, 0) is 11.2 Å². The molecule has 1 aliphatic rings. The molecular formula is C21H25NO2. The molecule has 2 aromatic carbocycles. The van der Waals surface area contributed by atoms with Crippen LogP contribution in [0.3, 0.4) is 0 Å². The van der Waals surface area contributed by atoms with E-state index in [2.05, 4.69) is 53.5 Å². The minimum Gasteiger partial charge on any atom is -0.497 e. The van der Waals surface area contributed by atoms with E-state index in [1.165, 1.54) is 11.1 Å². The number of morpholine rings is 1. The van der Waals surface area contributed by atoms with Crippen molar-refractivity contribution in [3.63, 3.8) is 0 Å². The zero-order valence-corrected chi connectivity index (χ0v) is 14.2. The van der Waals surface area contributed by atoms with Crippen LogP contribution in [0.1, 0.15) is 11.1 Å². The first kappa shape index (κ1) is 16.7. The zero-order chi connectivity index (χ0) is 16.6. The summed E-state index contributed by atoms with van der Waals surface area (Å²) in [6.07, 6.45) is 5.64. The van der Waals surface area contributed by atoms with Gasteiger partial charge in [0.15, 0.2) is 0 Å². The van der Waals surface area contributed by atoms with Crippen LogP contribution >= 0.6 is 0 Å². The normalized spacial score (nSPS) is 18.8. The molecule has 126 valence electrons. The molecule has 0 spiro atoms. The summed E-state index contributed by atoms with van der Waals surface area (Å²) in [5.41, 5.74) is 2.54. The Labute approximate surface area is 144 Å². The molecule has 1 fully saturated rings. The molecule has 1 aliphatic heterocycles. The lowest BCUT2D eigenvalue weighted by molar-refractivity contribution is -0.0236. The second-order valence-electron chi connectivity index (χ2n) is 6.12. The summed E-state index contributed by atoms with van der Waals surface area (Å²) in [6.45, 7) is 3.75. The van der Waals surface area contributed by atoms with E-state index in [-0.39, 0.29) is 6.10 Å². The van der Waals surface area contributed by atoms with Gasteiger partial charge in [-0.15, -0.1) is 0 Å². The van der Waals surface area contributed by atoms with Crippen LogP contribution in [-0.4, -0.2) is 44.4 Å². The summed E-state index contributed by atoms with van der Waals surface area (Å²) in [7, 11) is 1.69. The van der Waals surface area contributed by atoms with E-state index in [0.29, 0.717) is 0 Å². The molecule has 0 bridgehead atoms. The van der Waals surface area contributed by atoms with Gasteiger partial charge < -0.3 is 9.47 Å². The predicted molar refractivity (Wildman–Crippen MR) is 98.4 cm³/mol. The average molecular weight is 323 g/mol. The van der Waals surface area contributed by atoms with Gasteiger partial charge in [-0.3, -0.25) is 4.90 Å². The average Bonchev–Trinajstić information content (AvgIpc) is 2.64. The number of hydrogen-bond acceptors (Lipinski definition) is 3. The number of ether oxygens (including phenoxy) is 2. The van der Waals surface area contributed by atoms with Gasteiger partial charge in [-0.2, -0.15) is 0 Å². The van der Waals surface area contributed by atoms with E-state index in [9.17, 15) is 0 Å². The van der Waals surface area contributed by atoms with E-state index >= 15 is 0 Å². The van der Waals surface area contributed by atoms with Gasteiger partial charge in [0.25, 0.3) is 0 Å². The number of nitrogens with zero attached hydrogens (tertiary/aromatic N) is 1.